The van der Waals surface area contributed by atoms with Crippen molar-refractivity contribution in [2.45, 2.75) is 23.8 Å². The van der Waals surface area contributed by atoms with Gasteiger partial charge in [0.15, 0.2) is 0 Å². The van der Waals surface area contributed by atoms with E-state index in [0.717, 1.165) is 30.1 Å². The normalized spacial score (nSPS) is 16.3. The van der Waals surface area contributed by atoms with E-state index in [1.807, 2.05) is 24.3 Å². The number of ether oxygens (including phenoxy) is 3. The Balaban J connectivity index is 1.73. The second kappa shape index (κ2) is 8.96. The van der Waals surface area contributed by atoms with Crippen LogP contribution in [0.1, 0.15) is 23.2 Å². The zero-order valence-corrected chi connectivity index (χ0v) is 15.8. The minimum absolute atomic E-state index is 0.163. The Hall–Kier alpha value is -2.18. The first-order valence-electron chi connectivity index (χ1n) is 8.58. The molecule has 0 aliphatic carbocycles. The van der Waals surface area contributed by atoms with Gasteiger partial charge < -0.3 is 19.5 Å². The molecule has 1 saturated heterocycles. The van der Waals surface area contributed by atoms with Crippen molar-refractivity contribution in [3.8, 4) is 11.5 Å². The molecule has 26 heavy (non-hydrogen) atoms. The largest absolute Gasteiger partial charge is 0.497 e. The van der Waals surface area contributed by atoms with E-state index in [9.17, 15) is 4.79 Å². The predicted octanol–water partition coefficient (Wildman–Crippen LogP) is 4.23. The van der Waals surface area contributed by atoms with Crippen LogP contribution < -0.4 is 14.8 Å². The first-order valence-corrected chi connectivity index (χ1v) is 9.56. The van der Waals surface area contributed by atoms with Crippen molar-refractivity contribution in [1.82, 2.24) is 0 Å². The minimum atomic E-state index is -0.163. The van der Waals surface area contributed by atoms with Crippen LogP contribution in [0.2, 0.25) is 0 Å². The van der Waals surface area contributed by atoms with Crippen LogP contribution in [0, 0.1) is 0 Å². The monoisotopic (exact) mass is 373 g/mol. The van der Waals surface area contributed by atoms with Crippen molar-refractivity contribution < 1.29 is 19.0 Å². The Morgan fingerprint density at radius 1 is 1.23 bits per heavy atom. The highest BCUT2D eigenvalue weighted by Crippen LogP contribution is 2.31. The molecule has 6 heteroatoms. The summed E-state index contributed by atoms with van der Waals surface area (Å²) in [5, 5.41) is 2.93. The molecule has 138 valence electrons. The quantitative estimate of drug-likeness (QED) is 0.736. The number of methoxy groups -OCH3 is 2. The smallest absolute Gasteiger partial charge is 0.256 e. The maximum Gasteiger partial charge on any atom is 0.256 e. The molecular formula is C20H23NO4S. The lowest BCUT2D eigenvalue weighted by molar-refractivity contribution is 0.102. The summed E-state index contributed by atoms with van der Waals surface area (Å²) >= 11 is 1.66. The first-order chi connectivity index (χ1) is 12.7. The van der Waals surface area contributed by atoms with Gasteiger partial charge in [-0.3, -0.25) is 4.79 Å². The maximum atomic E-state index is 12.8. The van der Waals surface area contributed by atoms with Crippen LogP contribution in [0.3, 0.4) is 0 Å². The van der Waals surface area contributed by atoms with E-state index >= 15 is 0 Å². The Bertz CT molecular complexity index is 759. The highest BCUT2D eigenvalue weighted by Gasteiger charge is 2.18. The molecule has 1 heterocycles. The Morgan fingerprint density at radius 2 is 2.08 bits per heavy atom. The summed E-state index contributed by atoms with van der Waals surface area (Å²) in [6, 6.07) is 12.9. The number of benzene rings is 2. The van der Waals surface area contributed by atoms with Crippen LogP contribution in [0.25, 0.3) is 0 Å². The molecule has 2 aromatic carbocycles. The molecule has 5 nitrogen and oxygen atoms in total. The van der Waals surface area contributed by atoms with Crippen molar-refractivity contribution in [2.75, 3.05) is 31.9 Å². The third-order valence-corrected chi connectivity index (χ3v) is 5.44. The van der Waals surface area contributed by atoms with Gasteiger partial charge in [0.05, 0.1) is 31.6 Å². The molecule has 0 unspecified atom stereocenters. The van der Waals surface area contributed by atoms with Crippen molar-refractivity contribution in [2.24, 2.45) is 0 Å². The first kappa shape index (κ1) is 18.6. The fourth-order valence-electron chi connectivity index (χ4n) is 2.83. The van der Waals surface area contributed by atoms with Gasteiger partial charge in [-0.1, -0.05) is 12.1 Å². The number of hydrogen-bond donors (Lipinski definition) is 1. The second-order valence-electron chi connectivity index (χ2n) is 5.96. The number of carbonyl (C=O) groups excluding carboxylic acids is 1. The van der Waals surface area contributed by atoms with E-state index in [1.165, 1.54) is 0 Å². The zero-order chi connectivity index (χ0) is 18.4. The summed E-state index contributed by atoms with van der Waals surface area (Å²) in [5.74, 6) is 1.93. The van der Waals surface area contributed by atoms with E-state index in [2.05, 4.69) is 5.32 Å². The van der Waals surface area contributed by atoms with Crippen molar-refractivity contribution in [3.05, 3.63) is 48.0 Å². The molecule has 1 N–H and O–H groups in total. The second-order valence-corrected chi connectivity index (χ2v) is 7.02. The van der Waals surface area contributed by atoms with Crippen LogP contribution >= 0.6 is 11.8 Å². The van der Waals surface area contributed by atoms with Gasteiger partial charge in [0.25, 0.3) is 5.91 Å². The molecule has 1 aliphatic heterocycles. The average Bonchev–Trinajstić information content (AvgIpc) is 3.20. The molecule has 0 saturated carbocycles. The average molecular weight is 373 g/mol. The van der Waals surface area contributed by atoms with Gasteiger partial charge in [-0.2, -0.15) is 0 Å². The lowest BCUT2D eigenvalue weighted by atomic mass is 10.2. The minimum Gasteiger partial charge on any atom is -0.497 e. The molecule has 2 aromatic rings. The Morgan fingerprint density at radius 3 is 2.81 bits per heavy atom. The van der Waals surface area contributed by atoms with Crippen LogP contribution in [0.5, 0.6) is 11.5 Å². The molecule has 1 amide bonds. The van der Waals surface area contributed by atoms with Crippen LogP contribution in [0.4, 0.5) is 5.69 Å². The summed E-state index contributed by atoms with van der Waals surface area (Å²) in [4.78, 5) is 13.8. The molecule has 3 rings (SSSR count). The van der Waals surface area contributed by atoms with Crippen LogP contribution in [-0.2, 0) is 4.74 Å². The maximum absolute atomic E-state index is 12.8. The fourth-order valence-corrected chi connectivity index (χ4v) is 3.95. The van der Waals surface area contributed by atoms with Gasteiger partial charge in [-0.25, -0.2) is 0 Å². The summed E-state index contributed by atoms with van der Waals surface area (Å²) in [6.45, 7) is 0.838. The number of anilines is 1. The summed E-state index contributed by atoms with van der Waals surface area (Å²) < 4.78 is 16.2. The number of rotatable bonds is 7. The highest BCUT2D eigenvalue weighted by atomic mass is 32.2. The lowest BCUT2D eigenvalue weighted by Gasteiger charge is -2.14. The fraction of sp³-hybridized carbons (Fsp3) is 0.350. The number of thioether (sulfide) groups is 1. The van der Waals surface area contributed by atoms with Gasteiger partial charge in [0.1, 0.15) is 11.5 Å². The summed E-state index contributed by atoms with van der Waals surface area (Å²) in [7, 11) is 3.16. The Labute approximate surface area is 158 Å². The standard InChI is InChI=1S/C20H23NO4S/c1-23-14-9-10-17(18(12-14)24-2)21-20(22)16-7-3-4-8-19(16)26-13-15-6-5-11-25-15/h3-4,7-10,12,15H,5-6,11,13H2,1-2H3,(H,21,22)/t15-/m0/s1. The summed E-state index contributed by atoms with van der Waals surface area (Å²) in [6.07, 6.45) is 2.48. The number of carbonyl (C=O) groups is 1. The van der Waals surface area contributed by atoms with E-state index in [1.54, 1.807) is 44.2 Å². The summed E-state index contributed by atoms with van der Waals surface area (Å²) in [5.41, 5.74) is 1.26. The number of nitrogens with one attached hydrogen (secondary N) is 1. The molecule has 0 spiro atoms. The van der Waals surface area contributed by atoms with Gasteiger partial charge >= 0.3 is 0 Å². The van der Waals surface area contributed by atoms with Crippen LogP contribution in [0.15, 0.2) is 47.4 Å². The van der Waals surface area contributed by atoms with Crippen LogP contribution in [-0.4, -0.2) is 38.6 Å². The molecule has 0 radical (unpaired) electrons. The predicted molar refractivity (Wildman–Crippen MR) is 104 cm³/mol. The van der Waals surface area contributed by atoms with Crippen molar-refractivity contribution in [1.29, 1.82) is 0 Å². The third kappa shape index (κ3) is 4.51. The molecule has 1 atom stereocenters. The topological polar surface area (TPSA) is 56.8 Å². The molecule has 1 aliphatic rings. The molecular weight excluding hydrogens is 350 g/mol. The van der Waals surface area contributed by atoms with Crippen molar-refractivity contribution >= 4 is 23.4 Å². The zero-order valence-electron chi connectivity index (χ0n) is 15.0. The van der Waals surface area contributed by atoms with E-state index in [-0.39, 0.29) is 12.0 Å². The van der Waals surface area contributed by atoms with E-state index in [0.29, 0.717) is 22.7 Å². The van der Waals surface area contributed by atoms with Gasteiger partial charge in [0.2, 0.25) is 0 Å². The number of hydrogen-bond acceptors (Lipinski definition) is 5. The van der Waals surface area contributed by atoms with E-state index < -0.39 is 0 Å². The molecule has 0 aromatic heterocycles. The lowest BCUT2D eigenvalue weighted by Crippen LogP contribution is -2.14. The highest BCUT2D eigenvalue weighted by molar-refractivity contribution is 7.99. The van der Waals surface area contributed by atoms with E-state index in [4.69, 9.17) is 14.2 Å². The Kier molecular flexibility index (Phi) is 6.41. The number of amides is 1. The SMILES string of the molecule is COc1ccc(NC(=O)c2ccccc2SC[C@@H]2CCCO2)c(OC)c1. The van der Waals surface area contributed by atoms with Gasteiger partial charge in [0, 0.05) is 23.3 Å². The third-order valence-electron chi connectivity index (χ3n) is 4.24. The molecule has 1 fully saturated rings. The van der Waals surface area contributed by atoms with Gasteiger partial charge in [-0.15, -0.1) is 11.8 Å². The van der Waals surface area contributed by atoms with Gasteiger partial charge in [-0.05, 0) is 37.1 Å². The molecule has 0 bridgehead atoms. The van der Waals surface area contributed by atoms with Crippen molar-refractivity contribution in [3.63, 3.8) is 0 Å².